The van der Waals surface area contributed by atoms with Gasteiger partial charge in [0.25, 0.3) is 0 Å². The molecule has 0 N–H and O–H groups in total. The molecule has 0 aromatic heterocycles. The number of alkyl halides is 2. The molecule has 0 heterocycles. The molecule has 0 bridgehead atoms. The van der Waals surface area contributed by atoms with Crippen molar-refractivity contribution in [2.75, 3.05) is 7.05 Å². The van der Waals surface area contributed by atoms with Gasteiger partial charge in [0.2, 0.25) is 10.0 Å². The average Bonchev–Trinajstić information content (AvgIpc) is 2.51. The molecule has 0 aliphatic carbocycles. The molecule has 0 atom stereocenters. The minimum absolute atomic E-state index is 0.0786. The van der Waals surface area contributed by atoms with Gasteiger partial charge in [0.15, 0.2) is 0 Å². The lowest BCUT2D eigenvalue weighted by molar-refractivity contribution is -0.0517. The maximum Gasteiger partial charge on any atom is 0.387 e. The Labute approximate surface area is 148 Å². The fourth-order valence-corrected chi connectivity index (χ4v) is 3.67. The van der Waals surface area contributed by atoms with Crippen LogP contribution in [0.15, 0.2) is 47.4 Å². The molecule has 2 rings (SSSR count). The first-order valence-corrected chi connectivity index (χ1v) is 8.86. The molecule has 4 nitrogen and oxygen atoms in total. The fourth-order valence-electron chi connectivity index (χ4n) is 2.02. The smallest absolute Gasteiger partial charge is 0.387 e. The van der Waals surface area contributed by atoms with Gasteiger partial charge in [-0.05, 0) is 23.8 Å². The molecule has 0 radical (unpaired) electrons. The summed E-state index contributed by atoms with van der Waals surface area (Å²) in [5, 5.41) is 0.528. The lowest BCUT2D eigenvalue weighted by atomic mass is 10.2. The van der Waals surface area contributed by atoms with Crippen LogP contribution in [-0.2, 0) is 16.6 Å². The quantitative estimate of drug-likeness (QED) is 0.727. The molecule has 0 unspecified atom stereocenters. The number of hydrogen-bond acceptors (Lipinski definition) is 3. The first-order valence-electron chi connectivity index (χ1n) is 6.66. The zero-order valence-electron chi connectivity index (χ0n) is 12.4. The lowest BCUT2D eigenvalue weighted by Gasteiger charge is -2.20. The van der Waals surface area contributed by atoms with E-state index >= 15 is 0 Å². The Kier molecular flexibility index (Phi) is 6.03. The highest BCUT2D eigenvalue weighted by atomic mass is 35.5. The predicted octanol–water partition coefficient (Wildman–Crippen LogP) is 4.42. The predicted molar refractivity (Wildman–Crippen MR) is 88.2 cm³/mol. The second-order valence-electron chi connectivity index (χ2n) is 4.80. The van der Waals surface area contributed by atoms with Gasteiger partial charge in [0.05, 0.1) is 10.0 Å². The maximum absolute atomic E-state index is 12.7. The normalized spacial score (nSPS) is 12.0. The van der Waals surface area contributed by atoms with Crippen LogP contribution in [0.2, 0.25) is 10.0 Å². The second kappa shape index (κ2) is 7.65. The van der Waals surface area contributed by atoms with Gasteiger partial charge in [-0.15, -0.1) is 0 Å². The van der Waals surface area contributed by atoms with Crippen LogP contribution in [0.25, 0.3) is 0 Å². The van der Waals surface area contributed by atoms with Crippen LogP contribution in [0, 0.1) is 0 Å². The first-order chi connectivity index (χ1) is 11.2. The number of rotatable bonds is 6. The Hall–Kier alpha value is -1.41. The highest BCUT2D eigenvalue weighted by Crippen LogP contribution is 2.30. The van der Waals surface area contributed by atoms with E-state index in [1.807, 2.05) is 0 Å². The Bertz CT molecular complexity index is 831. The summed E-state index contributed by atoms with van der Waals surface area (Å²) in [4.78, 5) is -0.356. The van der Waals surface area contributed by atoms with Crippen molar-refractivity contribution in [3.05, 3.63) is 58.1 Å². The van der Waals surface area contributed by atoms with E-state index in [0.29, 0.717) is 10.6 Å². The third-order valence-electron chi connectivity index (χ3n) is 3.18. The summed E-state index contributed by atoms with van der Waals surface area (Å²) in [6.45, 7) is -3.21. The maximum atomic E-state index is 12.7. The molecule has 0 saturated carbocycles. The number of ether oxygens (including phenoxy) is 1. The fraction of sp³-hybridized carbons (Fsp3) is 0.200. The topological polar surface area (TPSA) is 46.6 Å². The van der Waals surface area contributed by atoms with Gasteiger partial charge in [0, 0.05) is 13.6 Å². The highest BCUT2D eigenvalue weighted by Gasteiger charge is 2.26. The molecule has 2 aromatic carbocycles. The number of halogens is 4. The molecule has 2 aromatic rings. The Morgan fingerprint density at radius 1 is 1.12 bits per heavy atom. The summed E-state index contributed by atoms with van der Waals surface area (Å²) < 4.78 is 55.5. The molecule has 0 amide bonds. The van der Waals surface area contributed by atoms with Gasteiger partial charge in [-0.1, -0.05) is 47.5 Å². The number of sulfonamides is 1. The minimum atomic E-state index is -4.07. The first kappa shape index (κ1) is 18.9. The number of nitrogens with zero attached hydrogens (tertiary/aromatic N) is 1. The molecule has 9 heteroatoms. The Morgan fingerprint density at radius 2 is 1.79 bits per heavy atom. The zero-order chi connectivity index (χ0) is 17.9. The Morgan fingerprint density at radius 3 is 2.46 bits per heavy atom. The molecule has 24 heavy (non-hydrogen) atoms. The third-order valence-corrected chi connectivity index (χ3v) is 5.88. The second-order valence-corrected chi connectivity index (χ2v) is 7.60. The monoisotopic (exact) mass is 395 g/mol. The van der Waals surface area contributed by atoms with E-state index in [-0.39, 0.29) is 16.5 Å². The van der Waals surface area contributed by atoms with E-state index in [1.54, 1.807) is 18.2 Å². The van der Waals surface area contributed by atoms with Gasteiger partial charge >= 0.3 is 6.61 Å². The van der Waals surface area contributed by atoms with Crippen molar-refractivity contribution >= 4 is 33.2 Å². The zero-order valence-corrected chi connectivity index (χ0v) is 14.7. The summed E-state index contributed by atoms with van der Waals surface area (Å²) >= 11 is 12.0. The van der Waals surface area contributed by atoms with Gasteiger partial charge < -0.3 is 4.74 Å². The molecule has 0 aliphatic rings. The lowest BCUT2D eigenvalue weighted by Crippen LogP contribution is -2.27. The van der Waals surface area contributed by atoms with Gasteiger partial charge in [0.1, 0.15) is 10.6 Å². The summed E-state index contributed by atoms with van der Waals surface area (Å²) in [6, 6.07) is 10.0. The minimum Gasteiger partial charge on any atom is -0.433 e. The molecular formula is C15H13Cl2F2NO3S. The third kappa shape index (κ3) is 4.16. The largest absolute Gasteiger partial charge is 0.433 e. The van der Waals surface area contributed by atoms with Gasteiger partial charge in [-0.2, -0.15) is 13.1 Å². The number of para-hydroxylation sites is 1. The molecule has 0 aliphatic heterocycles. The van der Waals surface area contributed by atoms with Crippen molar-refractivity contribution in [1.82, 2.24) is 4.31 Å². The van der Waals surface area contributed by atoms with Crippen molar-refractivity contribution in [1.29, 1.82) is 0 Å². The Balaban J connectivity index is 2.35. The van der Waals surface area contributed by atoms with E-state index < -0.39 is 22.4 Å². The van der Waals surface area contributed by atoms with Crippen LogP contribution in [-0.4, -0.2) is 26.4 Å². The molecule has 0 fully saturated rings. The number of benzene rings is 2. The van der Waals surface area contributed by atoms with Crippen LogP contribution in [0.1, 0.15) is 5.56 Å². The van der Waals surface area contributed by atoms with E-state index in [4.69, 9.17) is 23.2 Å². The summed E-state index contributed by atoms with van der Waals surface area (Å²) in [6.07, 6.45) is 0. The van der Waals surface area contributed by atoms with Crippen LogP contribution < -0.4 is 4.74 Å². The number of hydrogen-bond donors (Lipinski definition) is 0. The van der Waals surface area contributed by atoms with Gasteiger partial charge in [-0.25, -0.2) is 8.42 Å². The summed E-state index contributed by atoms with van der Waals surface area (Å²) in [7, 11) is -2.76. The van der Waals surface area contributed by atoms with Gasteiger partial charge in [-0.3, -0.25) is 0 Å². The van der Waals surface area contributed by atoms with Crippen molar-refractivity contribution in [2.24, 2.45) is 0 Å². The van der Waals surface area contributed by atoms with Crippen molar-refractivity contribution < 1.29 is 21.9 Å². The molecule has 130 valence electrons. The van der Waals surface area contributed by atoms with Crippen LogP contribution in [0.4, 0.5) is 8.78 Å². The standard InChI is InChI=1S/C15H13Cl2F2NO3S/c1-20(9-10-5-4-6-11(16)14(10)17)24(21,22)13-8-3-2-7-12(13)23-15(18)19/h2-8,15H,9H2,1H3. The van der Waals surface area contributed by atoms with Crippen LogP contribution in [0.5, 0.6) is 5.75 Å². The van der Waals surface area contributed by atoms with E-state index in [2.05, 4.69) is 4.74 Å². The summed E-state index contributed by atoms with van der Waals surface area (Å²) in [5.74, 6) is -0.420. The molecular weight excluding hydrogens is 383 g/mol. The van der Waals surface area contributed by atoms with E-state index in [9.17, 15) is 17.2 Å². The summed E-state index contributed by atoms with van der Waals surface area (Å²) in [5.41, 5.74) is 0.488. The average molecular weight is 396 g/mol. The van der Waals surface area contributed by atoms with Crippen LogP contribution in [0.3, 0.4) is 0 Å². The highest BCUT2D eigenvalue weighted by molar-refractivity contribution is 7.89. The van der Waals surface area contributed by atoms with Crippen molar-refractivity contribution in [2.45, 2.75) is 18.1 Å². The van der Waals surface area contributed by atoms with Crippen molar-refractivity contribution in [3.8, 4) is 5.75 Å². The van der Waals surface area contributed by atoms with Crippen LogP contribution >= 0.6 is 23.2 Å². The van der Waals surface area contributed by atoms with E-state index in [1.165, 1.54) is 31.3 Å². The molecule has 0 spiro atoms. The molecule has 0 saturated heterocycles. The van der Waals surface area contributed by atoms with Crippen molar-refractivity contribution in [3.63, 3.8) is 0 Å². The van der Waals surface area contributed by atoms with E-state index in [0.717, 1.165) is 4.31 Å². The SMILES string of the molecule is CN(Cc1cccc(Cl)c1Cl)S(=O)(=O)c1ccccc1OC(F)F.